The minimum atomic E-state index is -0.226. The fourth-order valence-electron chi connectivity index (χ4n) is 4.21. The number of carbonyl (C=O) groups is 1. The van der Waals surface area contributed by atoms with Crippen molar-refractivity contribution in [2.24, 2.45) is 0 Å². The molecule has 0 radical (unpaired) electrons. The molecule has 2 atom stereocenters. The molecule has 1 aliphatic carbocycles. The third kappa shape index (κ3) is 3.33. The lowest BCUT2D eigenvalue weighted by atomic mass is 9.96. The number of likely N-dealkylation sites (tertiary alicyclic amines) is 1. The van der Waals surface area contributed by atoms with Gasteiger partial charge in [0.25, 0.3) is 0 Å². The van der Waals surface area contributed by atoms with E-state index in [9.17, 15) is 4.79 Å². The van der Waals surface area contributed by atoms with E-state index in [0.29, 0.717) is 17.6 Å². The van der Waals surface area contributed by atoms with Crippen molar-refractivity contribution in [2.45, 2.75) is 56.7 Å². The fourth-order valence-corrected chi connectivity index (χ4v) is 4.21. The quantitative estimate of drug-likeness (QED) is 0.774. The van der Waals surface area contributed by atoms with Crippen LogP contribution in [-0.4, -0.2) is 65.6 Å². The maximum Gasteiger partial charge on any atom is 0.339 e. The molecule has 2 unspecified atom stereocenters. The smallest absolute Gasteiger partial charge is 0.339 e. The molecule has 3 heterocycles. The van der Waals surface area contributed by atoms with Gasteiger partial charge in [0.1, 0.15) is 6.10 Å². The molecule has 3 aliphatic rings. The highest BCUT2D eigenvalue weighted by Gasteiger charge is 2.38. The van der Waals surface area contributed by atoms with E-state index in [-0.39, 0.29) is 12.1 Å². The van der Waals surface area contributed by atoms with E-state index in [4.69, 9.17) is 4.74 Å². The third-order valence-corrected chi connectivity index (χ3v) is 5.83. The topological polar surface area (TPSA) is 45.7 Å². The molecule has 1 saturated carbocycles. The minimum Gasteiger partial charge on any atom is -0.459 e. The van der Waals surface area contributed by atoms with Crippen molar-refractivity contribution in [3.8, 4) is 0 Å². The number of aromatic nitrogens is 1. The number of likely N-dealkylation sites (N-methyl/N-ethyl adjacent to an activating group) is 1. The lowest BCUT2D eigenvalue weighted by Crippen LogP contribution is -2.52. The maximum atomic E-state index is 12.0. The van der Waals surface area contributed by atoms with Gasteiger partial charge in [-0.05, 0) is 51.3 Å². The number of fused-ring (bicyclic) bond motifs is 2. The average molecular weight is 329 g/mol. The summed E-state index contributed by atoms with van der Waals surface area (Å²) in [5.74, 6) is -0.226. The van der Waals surface area contributed by atoms with Crippen molar-refractivity contribution < 1.29 is 9.53 Å². The second-order valence-electron chi connectivity index (χ2n) is 7.59. The maximum absolute atomic E-state index is 12.0. The summed E-state index contributed by atoms with van der Waals surface area (Å²) in [6, 6.07) is 5.27. The van der Waals surface area contributed by atoms with E-state index in [1.807, 2.05) is 12.1 Å². The first-order chi connectivity index (χ1) is 11.7. The minimum absolute atomic E-state index is 0.130. The predicted octanol–water partition coefficient (Wildman–Crippen LogP) is 2.11. The van der Waals surface area contributed by atoms with Crippen LogP contribution in [0.5, 0.6) is 0 Å². The molecule has 3 fully saturated rings. The fraction of sp³-hybridized carbons (Fsp3) is 0.684. The zero-order chi connectivity index (χ0) is 16.5. The highest BCUT2D eigenvalue weighted by Crippen LogP contribution is 2.29. The van der Waals surface area contributed by atoms with Crippen LogP contribution in [0.25, 0.3) is 0 Å². The third-order valence-electron chi connectivity index (χ3n) is 5.83. The number of pyridine rings is 1. The standard InChI is InChI=1S/C19H27N3O2/c1-21-12-16-7-8-17(13-21)22(16)10-9-15-6-5-14(11-20-15)19(23)24-18-3-2-4-18/h5-6,11,16-18H,2-4,7-10,12-13H2,1H3. The summed E-state index contributed by atoms with van der Waals surface area (Å²) in [7, 11) is 2.23. The molecule has 2 aliphatic heterocycles. The predicted molar refractivity (Wildman–Crippen MR) is 92.0 cm³/mol. The second-order valence-corrected chi connectivity index (χ2v) is 7.59. The summed E-state index contributed by atoms with van der Waals surface area (Å²) in [5, 5.41) is 0. The first kappa shape index (κ1) is 16.0. The summed E-state index contributed by atoms with van der Waals surface area (Å²) in [4.78, 5) is 21.6. The van der Waals surface area contributed by atoms with Crippen LogP contribution in [0, 0.1) is 0 Å². The Bertz CT molecular complexity index is 571. The monoisotopic (exact) mass is 329 g/mol. The first-order valence-corrected chi connectivity index (χ1v) is 9.29. The zero-order valence-corrected chi connectivity index (χ0v) is 14.5. The van der Waals surface area contributed by atoms with E-state index < -0.39 is 0 Å². The van der Waals surface area contributed by atoms with Crippen molar-refractivity contribution in [1.29, 1.82) is 0 Å². The van der Waals surface area contributed by atoms with Crippen molar-refractivity contribution in [1.82, 2.24) is 14.8 Å². The van der Waals surface area contributed by atoms with E-state index >= 15 is 0 Å². The van der Waals surface area contributed by atoms with Gasteiger partial charge in [-0.2, -0.15) is 0 Å². The van der Waals surface area contributed by atoms with Crippen LogP contribution >= 0.6 is 0 Å². The van der Waals surface area contributed by atoms with Gasteiger partial charge in [0.2, 0.25) is 0 Å². The molecular formula is C19H27N3O2. The van der Waals surface area contributed by atoms with Gasteiger partial charge in [-0.25, -0.2) is 4.79 Å². The zero-order valence-electron chi connectivity index (χ0n) is 14.5. The molecule has 130 valence electrons. The molecule has 0 spiro atoms. The largest absolute Gasteiger partial charge is 0.459 e. The van der Waals surface area contributed by atoms with Gasteiger partial charge in [-0.3, -0.25) is 9.88 Å². The van der Waals surface area contributed by atoms with E-state index in [2.05, 4.69) is 21.8 Å². The second kappa shape index (κ2) is 6.81. The molecule has 2 saturated heterocycles. The van der Waals surface area contributed by atoms with E-state index in [0.717, 1.165) is 31.5 Å². The number of piperazine rings is 1. The summed E-state index contributed by atoms with van der Waals surface area (Å²) < 4.78 is 5.42. The highest BCUT2D eigenvalue weighted by atomic mass is 16.5. The highest BCUT2D eigenvalue weighted by molar-refractivity contribution is 5.89. The van der Waals surface area contributed by atoms with Crippen molar-refractivity contribution in [3.05, 3.63) is 29.6 Å². The van der Waals surface area contributed by atoms with Crippen LogP contribution in [0.1, 0.15) is 48.2 Å². The summed E-state index contributed by atoms with van der Waals surface area (Å²) in [6.45, 7) is 3.45. The molecule has 0 amide bonds. The molecule has 2 bridgehead atoms. The SMILES string of the molecule is CN1CC2CCC(C1)N2CCc1ccc(C(=O)OC2CCC2)cn1. The summed E-state index contributed by atoms with van der Waals surface area (Å²) in [5.41, 5.74) is 1.64. The number of carbonyl (C=O) groups excluding carboxylic acids is 1. The van der Waals surface area contributed by atoms with Crippen LogP contribution in [-0.2, 0) is 11.2 Å². The van der Waals surface area contributed by atoms with E-state index in [1.165, 1.54) is 32.4 Å². The van der Waals surface area contributed by atoms with Gasteiger partial charge in [0.15, 0.2) is 0 Å². The van der Waals surface area contributed by atoms with Gasteiger partial charge in [-0.1, -0.05) is 0 Å². The number of esters is 1. The Morgan fingerprint density at radius 3 is 2.54 bits per heavy atom. The average Bonchev–Trinajstić information content (AvgIpc) is 2.79. The normalized spacial score (nSPS) is 27.9. The summed E-state index contributed by atoms with van der Waals surface area (Å²) >= 11 is 0. The van der Waals surface area contributed by atoms with Crippen molar-refractivity contribution >= 4 is 5.97 Å². The molecule has 1 aromatic rings. The molecular weight excluding hydrogens is 302 g/mol. The lowest BCUT2D eigenvalue weighted by molar-refractivity contribution is 0.00896. The van der Waals surface area contributed by atoms with Crippen LogP contribution in [0.4, 0.5) is 0 Å². The van der Waals surface area contributed by atoms with Gasteiger partial charge in [0, 0.05) is 50.0 Å². The van der Waals surface area contributed by atoms with Gasteiger partial charge in [-0.15, -0.1) is 0 Å². The molecule has 24 heavy (non-hydrogen) atoms. The van der Waals surface area contributed by atoms with Crippen molar-refractivity contribution in [2.75, 3.05) is 26.7 Å². The van der Waals surface area contributed by atoms with Crippen LogP contribution < -0.4 is 0 Å². The molecule has 0 N–H and O–H groups in total. The number of hydrogen-bond acceptors (Lipinski definition) is 5. The first-order valence-electron chi connectivity index (χ1n) is 9.29. The lowest BCUT2D eigenvalue weighted by Gasteiger charge is -2.39. The van der Waals surface area contributed by atoms with Gasteiger partial charge >= 0.3 is 5.97 Å². The molecule has 5 heteroatoms. The van der Waals surface area contributed by atoms with Crippen LogP contribution in [0.15, 0.2) is 18.3 Å². The van der Waals surface area contributed by atoms with Crippen molar-refractivity contribution in [3.63, 3.8) is 0 Å². The Hall–Kier alpha value is -1.46. The molecule has 1 aromatic heterocycles. The Kier molecular flexibility index (Phi) is 4.55. The van der Waals surface area contributed by atoms with Gasteiger partial charge in [0.05, 0.1) is 5.56 Å². The van der Waals surface area contributed by atoms with E-state index in [1.54, 1.807) is 6.20 Å². The number of nitrogens with zero attached hydrogens (tertiary/aromatic N) is 3. The summed E-state index contributed by atoms with van der Waals surface area (Å²) in [6.07, 6.45) is 8.59. The molecule has 0 aromatic carbocycles. The Labute approximate surface area is 144 Å². The Morgan fingerprint density at radius 2 is 1.96 bits per heavy atom. The van der Waals surface area contributed by atoms with Gasteiger partial charge < -0.3 is 9.64 Å². The molecule has 4 rings (SSSR count). The number of rotatable bonds is 5. The number of hydrogen-bond donors (Lipinski definition) is 0. The Morgan fingerprint density at radius 1 is 1.21 bits per heavy atom. The number of ether oxygens (including phenoxy) is 1. The Balaban J connectivity index is 1.30. The molecule has 5 nitrogen and oxygen atoms in total. The van der Waals surface area contributed by atoms with Crippen LogP contribution in [0.3, 0.4) is 0 Å². The van der Waals surface area contributed by atoms with Crippen LogP contribution in [0.2, 0.25) is 0 Å².